The zero-order chi connectivity index (χ0) is 29.9. The van der Waals surface area contributed by atoms with Crippen LogP contribution in [0, 0.1) is 0 Å². The number of nitrogens with one attached hydrogen (secondary N) is 4. The molecule has 220 valence electrons. The van der Waals surface area contributed by atoms with Crippen molar-refractivity contribution in [2.24, 2.45) is 5.73 Å². The number of para-hydroxylation sites is 1. The molecule has 5 unspecified atom stereocenters. The highest BCUT2D eigenvalue weighted by molar-refractivity contribution is 7.98. The average Bonchev–Trinajstić information content (AvgIpc) is 3.36. The zero-order valence-corrected chi connectivity index (χ0v) is 23.8. The van der Waals surface area contributed by atoms with Crippen LogP contribution in [0.25, 0.3) is 10.9 Å². The van der Waals surface area contributed by atoms with E-state index in [-0.39, 0.29) is 19.3 Å². The second-order valence-corrected chi connectivity index (χ2v) is 10.8. The molecule has 0 aliphatic rings. The van der Waals surface area contributed by atoms with Crippen molar-refractivity contribution in [3.05, 3.63) is 71.9 Å². The molecule has 2 aromatic carbocycles. The van der Waals surface area contributed by atoms with Gasteiger partial charge in [-0.3, -0.25) is 14.4 Å². The van der Waals surface area contributed by atoms with Crippen LogP contribution in [0.3, 0.4) is 0 Å². The first-order valence-electron chi connectivity index (χ1n) is 13.3. The first-order valence-corrected chi connectivity index (χ1v) is 14.7. The van der Waals surface area contributed by atoms with Gasteiger partial charge in [0.1, 0.15) is 18.1 Å². The number of aliphatic hydroxyl groups excluding tert-OH is 1. The number of fused-ring (bicyclic) bond motifs is 1. The van der Waals surface area contributed by atoms with E-state index in [1.165, 1.54) is 18.7 Å². The molecule has 12 heteroatoms. The summed E-state index contributed by atoms with van der Waals surface area (Å²) in [7, 11) is 0. The van der Waals surface area contributed by atoms with Crippen LogP contribution >= 0.6 is 11.8 Å². The van der Waals surface area contributed by atoms with Crippen molar-refractivity contribution in [1.82, 2.24) is 20.9 Å². The number of nitrogens with two attached hydrogens (primary N) is 1. The predicted octanol–water partition coefficient (Wildman–Crippen LogP) is 0.953. The Hall–Kier alpha value is -3.87. The normalized spacial score (nSPS) is 14.8. The molecule has 1 heterocycles. The number of rotatable bonds is 15. The fourth-order valence-electron chi connectivity index (χ4n) is 4.38. The molecule has 3 amide bonds. The van der Waals surface area contributed by atoms with Crippen molar-refractivity contribution in [2.75, 3.05) is 12.0 Å². The molecule has 41 heavy (non-hydrogen) atoms. The molecule has 0 spiro atoms. The minimum absolute atomic E-state index is 0.0687. The fraction of sp³-hybridized carbons (Fsp3) is 0.379. The van der Waals surface area contributed by atoms with Gasteiger partial charge in [-0.15, -0.1) is 0 Å². The average molecular weight is 584 g/mol. The number of hydrogen-bond donors (Lipinski definition) is 7. The summed E-state index contributed by atoms with van der Waals surface area (Å²) < 4.78 is 0. The van der Waals surface area contributed by atoms with E-state index < -0.39 is 54.0 Å². The smallest absolute Gasteiger partial charge is 0.326 e. The van der Waals surface area contributed by atoms with Gasteiger partial charge in [0.05, 0.1) is 12.1 Å². The van der Waals surface area contributed by atoms with Crippen LogP contribution in [-0.4, -0.2) is 81.2 Å². The highest BCUT2D eigenvalue weighted by Gasteiger charge is 2.33. The first kappa shape index (κ1) is 31.7. The van der Waals surface area contributed by atoms with Gasteiger partial charge in [0.15, 0.2) is 0 Å². The predicted molar refractivity (Wildman–Crippen MR) is 158 cm³/mol. The zero-order valence-electron chi connectivity index (χ0n) is 23.0. The number of carbonyl (C=O) groups is 4. The summed E-state index contributed by atoms with van der Waals surface area (Å²) in [5.74, 6) is -2.87. The van der Waals surface area contributed by atoms with Gasteiger partial charge >= 0.3 is 5.97 Å². The standard InChI is InChI=1S/C29H37N5O6S/c1-17(35)25(28(38)32-23(29(39)40)12-13-41-2)34-27(37)24(15-19-16-31-22-11-7-6-10-20(19)22)33-26(36)21(30)14-18-8-4-3-5-9-18/h3-11,16-17,21,23-25,31,35H,12-15,30H2,1-2H3,(H,32,38)(H,33,36)(H,34,37)(H,39,40). The summed E-state index contributed by atoms with van der Waals surface area (Å²) in [5.41, 5.74) is 8.62. The lowest BCUT2D eigenvalue weighted by molar-refractivity contribution is -0.143. The molecular weight excluding hydrogens is 546 g/mol. The van der Waals surface area contributed by atoms with Crippen LogP contribution in [-0.2, 0) is 32.0 Å². The van der Waals surface area contributed by atoms with Gasteiger partial charge in [0.2, 0.25) is 17.7 Å². The van der Waals surface area contributed by atoms with Crippen LogP contribution in [0.4, 0.5) is 0 Å². The van der Waals surface area contributed by atoms with E-state index in [4.69, 9.17) is 5.73 Å². The Balaban J connectivity index is 1.80. The van der Waals surface area contributed by atoms with E-state index in [0.717, 1.165) is 22.0 Å². The summed E-state index contributed by atoms with van der Waals surface area (Å²) in [6, 6.07) is 12.0. The number of benzene rings is 2. The Kier molecular flexibility index (Phi) is 11.7. The Morgan fingerprint density at radius 3 is 2.22 bits per heavy atom. The number of H-pyrrole nitrogens is 1. The second kappa shape index (κ2) is 15.2. The Morgan fingerprint density at radius 2 is 1.56 bits per heavy atom. The molecule has 0 fully saturated rings. The number of carboxylic acid groups (broad SMARTS) is 1. The number of amides is 3. The number of aromatic nitrogens is 1. The van der Waals surface area contributed by atoms with E-state index >= 15 is 0 Å². The van der Waals surface area contributed by atoms with Crippen LogP contribution < -0.4 is 21.7 Å². The molecule has 3 aromatic rings. The Morgan fingerprint density at radius 1 is 0.902 bits per heavy atom. The third-order valence-corrected chi connectivity index (χ3v) is 7.30. The van der Waals surface area contributed by atoms with Crippen LogP contribution in [0.5, 0.6) is 0 Å². The van der Waals surface area contributed by atoms with Crippen LogP contribution in [0.2, 0.25) is 0 Å². The maximum Gasteiger partial charge on any atom is 0.326 e. The summed E-state index contributed by atoms with van der Waals surface area (Å²) in [6.45, 7) is 1.31. The maximum atomic E-state index is 13.5. The summed E-state index contributed by atoms with van der Waals surface area (Å²) >= 11 is 1.43. The Bertz CT molecular complexity index is 1330. The van der Waals surface area contributed by atoms with Gasteiger partial charge in [-0.25, -0.2) is 4.79 Å². The lowest BCUT2D eigenvalue weighted by atomic mass is 10.0. The van der Waals surface area contributed by atoms with E-state index in [2.05, 4.69) is 20.9 Å². The van der Waals surface area contributed by atoms with Gasteiger partial charge in [0, 0.05) is 23.5 Å². The van der Waals surface area contributed by atoms with E-state index in [9.17, 15) is 29.4 Å². The van der Waals surface area contributed by atoms with Crippen molar-refractivity contribution in [3.63, 3.8) is 0 Å². The topological polar surface area (TPSA) is 187 Å². The van der Waals surface area contributed by atoms with Crippen molar-refractivity contribution < 1.29 is 29.4 Å². The highest BCUT2D eigenvalue weighted by Crippen LogP contribution is 2.19. The van der Waals surface area contributed by atoms with Gasteiger partial charge < -0.3 is 36.9 Å². The number of carbonyl (C=O) groups excluding carboxylic acids is 3. The monoisotopic (exact) mass is 583 g/mol. The SMILES string of the molecule is CSCCC(NC(=O)C(NC(=O)C(Cc1c[nH]c2ccccc12)NC(=O)C(N)Cc1ccccc1)C(C)O)C(=O)O. The highest BCUT2D eigenvalue weighted by atomic mass is 32.2. The lowest BCUT2D eigenvalue weighted by Crippen LogP contribution is -2.60. The first-order chi connectivity index (χ1) is 19.6. The second-order valence-electron chi connectivity index (χ2n) is 9.83. The molecule has 0 bridgehead atoms. The molecule has 1 aromatic heterocycles. The number of thioether (sulfide) groups is 1. The van der Waals surface area contributed by atoms with E-state index in [0.29, 0.717) is 5.75 Å². The third kappa shape index (κ3) is 9.07. The minimum atomic E-state index is -1.46. The Labute approximate surface area is 242 Å². The molecule has 0 aliphatic heterocycles. The number of aliphatic hydroxyl groups is 1. The summed E-state index contributed by atoms with van der Waals surface area (Å²) in [6.07, 6.45) is 2.69. The molecule has 5 atom stereocenters. The van der Waals surface area contributed by atoms with Gasteiger partial charge in [-0.2, -0.15) is 11.8 Å². The molecule has 0 saturated carbocycles. The van der Waals surface area contributed by atoms with Crippen molar-refractivity contribution in [2.45, 2.75) is 56.5 Å². The molecule has 11 nitrogen and oxygen atoms in total. The van der Waals surface area contributed by atoms with Gasteiger partial charge in [0.25, 0.3) is 0 Å². The quantitative estimate of drug-likeness (QED) is 0.138. The van der Waals surface area contributed by atoms with Gasteiger partial charge in [-0.05, 0) is 49.0 Å². The van der Waals surface area contributed by atoms with Crippen LogP contribution in [0.1, 0.15) is 24.5 Å². The number of carboxylic acids is 1. The van der Waals surface area contributed by atoms with Crippen LogP contribution in [0.15, 0.2) is 60.8 Å². The number of aliphatic carboxylic acids is 1. The molecule has 0 saturated heterocycles. The van der Waals surface area contributed by atoms with Gasteiger partial charge in [-0.1, -0.05) is 48.5 Å². The number of aromatic amines is 1. The largest absolute Gasteiger partial charge is 0.480 e. The molecular formula is C29H37N5O6S. The number of hydrogen-bond acceptors (Lipinski definition) is 7. The van der Waals surface area contributed by atoms with Crippen molar-refractivity contribution in [3.8, 4) is 0 Å². The summed E-state index contributed by atoms with van der Waals surface area (Å²) in [4.78, 5) is 54.4. The van der Waals surface area contributed by atoms with Crippen molar-refractivity contribution in [1.29, 1.82) is 0 Å². The molecule has 8 N–H and O–H groups in total. The third-order valence-electron chi connectivity index (χ3n) is 6.66. The molecule has 3 rings (SSSR count). The van der Waals surface area contributed by atoms with E-state index in [1.54, 1.807) is 6.20 Å². The minimum Gasteiger partial charge on any atom is -0.480 e. The lowest BCUT2D eigenvalue weighted by Gasteiger charge is -2.26. The van der Waals surface area contributed by atoms with E-state index in [1.807, 2.05) is 60.9 Å². The molecule has 0 aliphatic carbocycles. The summed E-state index contributed by atoms with van der Waals surface area (Å²) in [5, 5.41) is 28.3. The maximum absolute atomic E-state index is 13.5. The fourth-order valence-corrected chi connectivity index (χ4v) is 4.85. The molecule has 0 radical (unpaired) electrons. The van der Waals surface area contributed by atoms with Crippen molar-refractivity contribution >= 4 is 46.4 Å².